The molecule has 1 amide bonds. The highest BCUT2D eigenvalue weighted by molar-refractivity contribution is 5.95. The van der Waals surface area contributed by atoms with Crippen molar-refractivity contribution in [3.8, 4) is 5.75 Å². The number of hydrogen-bond donors (Lipinski definition) is 2. The predicted molar refractivity (Wildman–Crippen MR) is 86.9 cm³/mol. The molecule has 0 aliphatic heterocycles. The molecule has 0 aromatic heterocycles. The summed E-state index contributed by atoms with van der Waals surface area (Å²) in [5, 5.41) is 12.8. The molecule has 0 radical (unpaired) electrons. The SMILES string of the molecule is CCCCOc1ccccc1NC(=O)C(O)c1ccccc1. The van der Waals surface area contributed by atoms with E-state index >= 15 is 0 Å². The molecule has 2 rings (SSSR count). The fourth-order valence-electron chi connectivity index (χ4n) is 2.01. The van der Waals surface area contributed by atoms with Crippen LogP contribution in [0.2, 0.25) is 0 Å². The smallest absolute Gasteiger partial charge is 0.257 e. The molecule has 2 aromatic carbocycles. The van der Waals surface area contributed by atoms with Crippen LogP contribution in [-0.2, 0) is 4.79 Å². The molecule has 2 N–H and O–H groups in total. The van der Waals surface area contributed by atoms with Gasteiger partial charge in [0.2, 0.25) is 0 Å². The van der Waals surface area contributed by atoms with Crippen LogP contribution in [0.1, 0.15) is 31.4 Å². The summed E-state index contributed by atoms with van der Waals surface area (Å²) in [5.74, 6) is 0.141. The second kappa shape index (κ2) is 8.20. The van der Waals surface area contributed by atoms with E-state index in [1.54, 1.807) is 36.4 Å². The Morgan fingerprint density at radius 2 is 1.82 bits per heavy atom. The van der Waals surface area contributed by atoms with Gasteiger partial charge in [-0.05, 0) is 24.1 Å². The van der Waals surface area contributed by atoms with E-state index in [4.69, 9.17) is 4.74 Å². The normalized spacial score (nSPS) is 11.7. The second-order valence-electron chi connectivity index (χ2n) is 5.00. The molecular formula is C18H21NO3. The number of aliphatic hydroxyl groups is 1. The van der Waals surface area contributed by atoms with Crippen molar-refractivity contribution in [2.24, 2.45) is 0 Å². The summed E-state index contributed by atoms with van der Waals surface area (Å²) in [6.07, 6.45) is 0.792. The van der Waals surface area contributed by atoms with Crippen LogP contribution >= 0.6 is 0 Å². The van der Waals surface area contributed by atoms with Gasteiger partial charge < -0.3 is 15.2 Å². The molecule has 0 heterocycles. The molecule has 0 aliphatic rings. The molecule has 0 saturated heterocycles. The van der Waals surface area contributed by atoms with Crippen molar-refractivity contribution in [3.05, 3.63) is 60.2 Å². The summed E-state index contributed by atoms with van der Waals surface area (Å²) in [7, 11) is 0. The summed E-state index contributed by atoms with van der Waals surface area (Å²) in [6.45, 7) is 2.69. The zero-order chi connectivity index (χ0) is 15.8. The number of unbranched alkanes of at least 4 members (excludes halogenated alkanes) is 1. The van der Waals surface area contributed by atoms with Gasteiger partial charge in [0.15, 0.2) is 6.10 Å². The van der Waals surface area contributed by atoms with Gasteiger partial charge in [-0.1, -0.05) is 55.8 Å². The van der Waals surface area contributed by atoms with E-state index in [9.17, 15) is 9.90 Å². The molecule has 1 unspecified atom stereocenters. The third-order valence-corrected chi connectivity index (χ3v) is 3.26. The molecule has 0 spiro atoms. The van der Waals surface area contributed by atoms with Gasteiger partial charge in [-0.25, -0.2) is 0 Å². The first-order valence-corrected chi connectivity index (χ1v) is 7.48. The van der Waals surface area contributed by atoms with Gasteiger partial charge in [0, 0.05) is 0 Å². The van der Waals surface area contributed by atoms with Crippen molar-refractivity contribution >= 4 is 11.6 Å². The number of amides is 1. The van der Waals surface area contributed by atoms with Gasteiger partial charge in [-0.3, -0.25) is 4.79 Å². The van der Waals surface area contributed by atoms with E-state index in [1.165, 1.54) is 0 Å². The quantitative estimate of drug-likeness (QED) is 0.769. The van der Waals surface area contributed by atoms with Gasteiger partial charge in [0.1, 0.15) is 5.75 Å². The molecule has 2 aromatic rings. The van der Waals surface area contributed by atoms with E-state index in [-0.39, 0.29) is 0 Å². The highest BCUT2D eigenvalue weighted by Gasteiger charge is 2.18. The minimum absolute atomic E-state index is 0.474. The van der Waals surface area contributed by atoms with Crippen LogP contribution in [0.4, 0.5) is 5.69 Å². The van der Waals surface area contributed by atoms with Crippen LogP contribution in [-0.4, -0.2) is 17.6 Å². The van der Waals surface area contributed by atoms with Crippen LogP contribution in [0.3, 0.4) is 0 Å². The minimum Gasteiger partial charge on any atom is -0.491 e. The van der Waals surface area contributed by atoms with Crippen molar-refractivity contribution in [1.29, 1.82) is 0 Å². The molecule has 0 saturated carbocycles. The van der Waals surface area contributed by atoms with Crippen LogP contribution in [0, 0.1) is 0 Å². The Hall–Kier alpha value is -2.33. The number of carbonyl (C=O) groups is 1. The number of ether oxygens (including phenoxy) is 1. The van der Waals surface area contributed by atoms with Crippen molar-refractivity contribution in [3.63, 3.8) is 0 Å². The summed E-state index contributed by atoms with van der Waals surface area (Å²) in [6, 6.07) is 16.1. The van der Waals surface area contributed by atoms with Gasteiger partial charge in [0.25, 0.3) is 5.91 Å². The molecule has 0 aliphatic carbocycles. The lowest BCUT2D eigenvalue weighted by atomic mass is 10.1. The molecule has 116 valence electrons. The second-order valence-corrected chi connectivity index (χ2v) is 5.00. The lowest BCUT2D eigenvalue weighted by molar-refractivity contribution is -0.124. The van der Waals surface area contributed by atoms with Gasteiger partial charge in [0.05, 0.1) is 12.3 Å². The van der Waals surface area contributed by atoms with Crippen molar-refractivity contribution in [2.75, 3.05) is 11.9 Å². The Balaban J connectivity index is 2.05. The highest BCUT2D eigenvalue weighted by Crippen LogP contribution is 2.25. The van der Waals surface area contributed by atoms with E-state index in [0.717, 1.165) is 12.8 Å². The fraction of sp³-hybridized carbons (Fsp3) is 0.278. The average Bonchev–Trinajstić information content (AvgIpc) is 2.56. The molecule has 4 heteroatoms. The minimum atomic E-state index is -1.20. The Labute approximate surface area is 130 Å². The van der Waals surface area contributed by atoms with Crippen LogP contribution in [0.15, 0.2) is 54.6 Å². The number of hydrogen-bond acceptors (Lipinski definition) is 3. The van der Waals surface area contributed by atoms with Crippen LogP contribution in [0.25, 0.3) is 0 Å². The molecule has 1 atom stereocenters. The molecule has 4 nitrogen and oxygen atoms in total. The third-order valence-electron chi connectivity index (χ3n) is 3.26. The fourth-order valence-corrected chi connectivity index (χ4v) is 2.01. The summed E-state index contributed by atoms with van der Waals surface area (Å²) < 4.78 is 5.67. The number of aliphatic hydroxyl groups excluding tert-OH is 1. The van der Waals surface area contributed by atoms with Gasteiger partial charge in [-0.15, -0.1) is 0 Å². The van der Waals surface area contributed by atoms with E-state index in [0.29, 0.717) is 23.6 Å². The highest BCUT2D eigenvalue weighted by atomic mass is 16.5. The predicted octanol–water partition coefficient (Wildman–Crippen LogP) is 3.54. The molecule has 0 fully saturated rings. The topological polar surface area (TPSA) is 58.6 Å². The first-order valence-electron chi connectivity index (χ1n) is 7.48. The van der Waals surface area contributed by atoms with Gasteiger partial charge >= 0.3 is 0 Å². The Kier molecular flexibility index (Phi) is 5.98. The zero-order valence-corrected chi connectivity index (χ0v) is 12.7. The Bertz CT molecular complexity index is 598. The van der Waals surface area contributed by atoms with Crippen LogP contribution < -0.4 is 10.1 Å². The first-order chi connectivity index (χ1) is 10.7. The summed E-state index contributed by atoms with van der Waals surface area (Å²) >= 11 is 0. The maximum absolute atomic E-state index is 12.2. The molecule has 0 bridgehead atoms. The zero-order valence-electron chi connectivity index (χ0n) is 12.7. The number of rotatable bonds is 7. The number of anilines is 1. The van der Waals surface area contributed by atoms with Gasteiger partial charge in [-0.2, -0.15) is 0 Å². The van der Waals surface area contributed by atoms with Crippen LogP contribution in [0.5, 0.6) is 5.75 Å². The summed E-state index contributed by atoms with van der Waals surface area (Å²) in [4.78, 5) is 12.2. The molecule has 22 heavy (non-hydrogen) atoms. The van der Waals surface area contributed by atoms with Crippen molar-refractivity contribution in [1.82, 2.24) is 0 Å². The lowest BCUT2D eigenvalue weighted by Crippen LogP contribution is -2.21. The first kappa shape index (κ1) is 16.0. The number of benzene rings is 2. The Morgan fingerprint density at radius 3 is 2.55 bits per heavy atom. The average molecular weight is 299 g/mol. The number of nitrogens with one attached hydrogen (secondary N) is 1. The molecular weight excluding hydrogens is 278 g/mol. The van der Waals surface area contributed by atoms with Crippen molar-refractivity contribution < 1.29 is 14.6 Å². The van der Waals surface area contributed by atoms with E-state index < -0.39 is 12.0 Å². The van der Waals surface area contributed by atoms with Crippen molar-refractivity contribution in [2.45, 2.75) is 25.9 Å². The van der Waals surface area contributed by atoms with E-state index in [1.807, 2.05) is 18.2 Å². The maximum Gasteiger partial charge on any atom is 0.257 e. The maximum atomic E-state index is 12.2. The van der Waals surface area contributed by atoms with E-state index in [2.05, 4.69) is 12.2 Å². The monoisotopic (exact) mass is 299 g/mol. The third kappa shape index (κ3) is 4.33. The Morgan fingerprint density at radius 1 is 1.14 bits per heavy atom. The summed E-state index contributed by atoms with van der Waals surface area (Å²) in [5.41, 5.74) is 1.13. The number of carbonyl (C=O) groups excluding carboxylic acids is 1. The lowest BCUT2D eigenvalue weighted by Gasteiger charge is -2.15. The largest absolute Gasteiger partial charge is 0.491 e. The number of para-hydroxylation sites is 2. The standard InChI is InChI=1S/C18H21NO3/c1-2-3-13-22-16-12-8-7-11-15(16)19-18(21)17(20)14-9-5-4-6-10-14/h4-12,17,20H,2-3,13H2,1H3,(H,19,21).